The summed E-state index contributed by atoms with van der Waals surface area (Å²) < 4.78 is 54.8. The summed E-state index contributed by atoms with van der Waals surface area (Å²) in [5.74, 6) is 0.126. The van der Waals surface area contributed by atoms with Gasteiger partial charge in [0.1, 0.15) is 15.9 Å². The largest absolute Gasteiger partial charge is 0.744 e. The molecule has 0 saturated carbocycles. The van der Waals surface area contributed by atoms with Crippen LogP contribution in [0.15, 0.2) is 29.2 Å². The van der Waals surface area contributed by atoms with Crippen molar-refractivity contribution in [3.63, 3.8) is 0 Å². The van der Waals surface area contributed by atoms with Gasteiger partial charge in [0.2, 0.25) is 0 Å². The molecule has 0 spiro atoms. The summed E-state index contributed by atoms with van der Waals surface area (Å²) in [5.41, 5.74) is 0. The molecule has 0 unspecified atom stereocenters. The molecular formula is C40H78NO8PSSi. The number of benzene rings is 1. The molecule has 0 saturated heterocycles. The van der Waals surface area contributed by atoms with Crippen LogP contribution in [0.25, 0.3) is 0 Å². The van der Waals surface area contributed by atoms with Gasteiger partial charge in [-0.15, -0.1) is 0 Å². The quantitative estimate of drug-likeness (QED) is 0.0331. The summed E-state index contributed by atoms with van der Waals surface area (Å²) in [6, 6.07) is 5.19. The van der Waals surface area contributed by atoms with E-state index in [4.69, 9.17) is 18.0 Å². The van der Waals surface area contributed by atoms with Crippen molar-refractivity contribution >= 4 is 32.3 Å². The van der Waals surface area contributed by atoms with Crippen LogP contribution in [0.4, 0.5) is 4.79 Å². The van der Waals surface area contributed by atoms with Crippen molar-refractivity contribution in [1.29, 1.82) is 0 Å². The van der Waals surface area contributed by atoms with Crippen LogP contribution in [0, 0.1) is 0 Å². The number of nitrogens with one attached hydrogen (secondary N) is 1. The summed E-state index contributed by atoms with van der Waals surface area (Å²) in [5, 5.41) is 2.59. The van der Waals surface area contributed by atoms with Crippen molar-refractivity contribution in [3.05, 3.63) is 24.3 Å². The Morgan fingerprint density at radius 1 is 0.615 bits per heavy atom. The van der Waals surface area contributed by atoms with Gasteiger partial charge in [-0.1, -0.05) is 98.3 Å². The van der Waals surface area contributed by atoms with Crippen LogP contribution in [0.2, 0.25) is 6.04 Å². The Balaban J connectivity index is 0.00000100. The molecular weight excluding hydrogens is 714 g/mol. The average molecular weight is 792 g/mol. The fourth-order valence-corrected chi connectivity index (χ4v) is 14.7. The minimum absolute atomic E-state index is 0.126. The number of hydrogen-bond donors (Lipinski definition) is 1. The van der Waals surface area contributed by atoms with Crippen LogP contribution >= 0.6 is 7.26 Å². The van der Waals surface area contributed by atoms with Gasteiger partial charge >= 0.3 is 14.9 Å². The second kappa shape index (κ2) is 32.2. The summed E-state index contributed by atoms with van der Waals surface area (Å²) in [6.07, 6.45) is 29.9. The van der Waals surface area contributed by atoms with Crippen molar-refractivity contribution in [1.82, 2.24) is 5.32 Å². The van der Waals surface area contributed by atoms with Gasteiger partial charge in [0.25, 0.3) is 0 Å². The molecule has 0 bridgehead atoms. The van der Waals surface area contributed by atoms with Crippen molar-refractivity contribution in [3.8, 4) is 5.75 Å². The van der Waals surface area contributed by atoms with Crippen molar-refractivity contribution in [2.75, 3.05) is 51.0 Å². The molecule has 306 valence electrons. The van der Waals surface area contributed by atoms with Gasteiger partial charge in [0, 0.05) is 39.7 Å². The van der Waals surface area contributed by atoms with Crippen LogP contribution in [0.3, 0.4) is 0 Å². The monoisotopic (exact) mass is 791 g/mol. The molecule has 0 radical (unpaired) electrons. The fourth-order valence-electron chi connectivity index (χ4n) is 6.40. The predicted molar refractivity (Wildman–Crippen MR) is 221 cm³/mol. The van der Waals surface area contributed by atoms with E-state index in [1.54, 1.807) is 31.1 Å². The molecule has 0 aliphatic rings. The molecule has 0 heterocycles. The highest BCUT2D eigenvalue weighted by molar-refractivity contribution is 7.85. The Morgan fingerprint density at radius 2 is 1.02 bits per heavy atom. The lowest BCUT2D eigenvalue weighted by molar-refractivity contribution is 0.0707. The SMILES string of the molecule is CCCCCCCCCCCC[P+](CCCC)(CCCC)CCCC.CCO[Si](CCCNC(=O)Oc1ccc(S(=O)(=O)[O-])cc1)(OCC)OCC. The van der Waals surface area contributed by atoms with E-state index in [0.717, 1.165) is 12.1 Å². The van der Waals surface area contributed by atoms with E-state index in [2.05, 4.69) is 33.0 Å². The molecule has 1 aromatic carbocycles. The van der Waals surface area contributed by atoms with Gasteiger partial charge < -0.3 is 27.9 Å². The highest BCUT2D eigenvalue weighted by Crippen LogP contribution is 2.61. The number of amides is 1. The molecule has 0 aliphatic heterocycles. The second-order valence-corrected chi connectivity index (χ2v) is 22.4. The van der Waals surface area contributed by atoms with Gasteiger partial charge in [0.05, 0.1) is 29.5 Å². The van der Waals surface area contributed by atoms with Gasteiger partial charge in [-0.3, -0.25) is 0 Å². The van der Waals surface area contributed by atoms with E-state index in [0.29, 0.717) is 38.8 Å². The molecule has 1 N–H and O–H groups in total. The van der Waals surface area contributed by atoms with Crippen LogP contribution in [0.1, 0.15) is 158 Å². The molecule has 1 amide bonds. The zero-order chi connectivity index (χ0) is 39.0. The van der Waals surface area contributed by atoms with Crippen LogP contribution in [-0.4, -0.2) is 78.9 Å². The molecule has 0 aromatic heterocycles. The Bertz CT molecular complexity index is 1050. The molecule has 0 aliphatic carbocycles. The molecule has 52 heavy (non-hydrogen) atoms. The zero-order valence-electron chi connectivity index (χ0n) is 34.3. The third-order valence-electron chi connectivity index (χ3n) is 9.29. The third kappa shape index (κ3) is 25.1. The fraction of sp³-hybridized carbons (Fsp3) is 0.825. The summed E-state index contributed by atoms with van der Waals surface area (Å²) in [4.78, 5) is 11.4. The Kier molecular flexibility index (Phi) is 31.5. The highest BCUT2D eigenvalue weighted by Gasteiger charge is 2.39. The first-order valence-corrected chi connectivity index (χ1v) is 26.7. The lowest BCUT2D eigenvalue weighted by Gasteiger charge is -2.28. The first-order valence-electron chi connectivity index (χ1n) is 20.8. The van der Waals surface area contributed by atoms with E-state index < -0.39 is 32.3 Å². The molecule has 0 atom stereocenters. The van der Waals surface area contributed by atoms with E-state index in [9.17, 15) is 17.8 Å². The summed E-state index contributed by atoms with van der Waals surface area (Å²) in [6.45, 7) is 16.9. The molecule has 0 fully saturated rings. The van der Waals surface area contributed by atoms with Gasteiger partial charge in [-0.25, -0.2) is 13.2 Å². The van der Waals surface area contributed by atoms with Crippen LogP contribution in [0.5, 0.6) is 5.75 Å². The lowest BCUT2D eigenvalue weighted by Crippen LogP contribution is -2.46. The average Bonchev–Trinajstić information content (AvgIpc) is 3.12. The Labute approximate surface area is 321 Å². The molecule has 12 heteroatoms. The molecule has 9 nitrogen and oxygen atoms in total. The van der Waals surface area contributed by atoms with Crippen molar-refractivity contribution < 1.29 is 35.8 Å². The lowest BCUT2D eigenvalue weighted by atomic mass is 10.1. The Hall–Kier alpha value is -1.07. The van der Waals surface area contributed by atoms with Crippen molar-refractivity contribution in [2.24, 2.45) is 0 Å². The van der Waals surface area contributed by atoms with E-state index in [-0.39, 0.29) is 10.6 Å². The maximum absolute atomic E-state index is 11.8. The number of rotatable bonds is 32. The number of unbranched alkanes of at least 4 members (excludes halogenated alkanes) is 12. The maximum Gasteiger partial charge on any atom is 0.500 e. The standard InChI is InChI=1S/C24H52P.C16H27NO8SSi/c1-5-9-13-14-15-16-17-18-19-20-24-25(21-10-6-2,22-11-7-3)23-12-8-4;1-4-22-27(23-5-2,24-6-3)13-7-12-17-16(18)25-14-8-10-15(11-9-14)26(19,20)21/h5-24H2,1-4H3;8-11H,4-7,12-13H2,1-3H3,(H,17,18)(H,19,20,21)/q+1;/p-1. The number of carbonyl (C=O) groups excluding carboxylic acids is 1. The minimum Gasteiger partial charge on any atom is -0.744 e. The first kappa shape index (κ1) is 50.9. The normalized spacial score (nSPS) is 12.0. The highest BCUT2D eigenvalue weighted by atomic mass is 32.2. The molecule has 1 rings (SSSR count). The number of hydrogen-bond acceptors (Lipinski definition) is 8. The summed E-state index contributed by atoms with van der Waals surface area (Å²) >= 11 is 0. The number of carbonyl (C=O) groups is 1. The van der Waals surface area contributed by atoms with Crippen LogP contribution < -0.4 is 10.1 Å². The number of ether oxygens (including phenoxy) is 1. The predicted octanol–water partition coefficient (Wildman–Crippen LogP) is 11.4. The minimum atomic E-state index is -4.53. The zero-order valence-corrected chi connectivity index (χ0v) is 37.0. The van der Waals surface area contributed by atoms with Gasteiger partial charge in [-0.05, 0) is 83.6 Å². The van der Waals surface area contributed by atoms with E-state index >= 15 is 0 Å². The maximum atomic E-state index is 11.8. The third-order valence-corrected chi connectivity index (χ3v) is 18.3. The second-order valence-electron chi connectivity index (χ2n) is 13.8. The van der Waals surface area contributed by atoms with E-state index in [1.165, 1.54) is 108 Å². The Morgan fingerprint density at radius 3 is 1.42 bits per heavy atom. The van der Waals surface area contributed by atoms with Gasteiger partial charge in [-0.2, -0.15) is 0 Å². The van der Waals surface area contributed by atoms with Crippen molar-refractivity contribution in [2.45, 2.75) is 169 Å². The smallest absolute Gasteiger partial charge is 0.500 e. The molecule has 1 aromatic rings. The van der Waals surface area contributed by atoms with Crippen LogP contribution in [-0.2, 0) is 23.4 Å². The van der Waals surface area contributed by atoms with Gasteiger partial charge in [0.15, 0.2) is 0 Å². The van der Waals surface area contributed by atoms with E-state index in [1.807, 2.05) is 20.8 Å². The topological polar surface area (TPSA) is 123 Å². The first-order chi connectivity index (χ1) is 25.0. The summed E-state index contributed by atoms with van der Waals surface area (Å²) in [7, 11) is -7.90.